The molecular formula is C13H13ClO2. The van der Waals surface area contributed by atoms with Crippen molar-refractivity contribution in [2.75, 3.05) is 0 Å². The van der Waals surface area contributed by atoms with Gasteiger partial charge in [-0.2, -0.15) is 0 Å². The zero-order valence-corrected chi connectivity index (χ0v) is 9.61. The number of carbonyl (C=O) groups is 1. The van der Waals surface area contributed by atoms with E-state index >= 15 is 0 Å². The quantitative estimate of drug-likeness (QED) is 0.735. The van der Waals surface area contributed by atoms with Crippen LogP contribution in [-0.2, 0) is 4.74 Å². The van der Waals surface area contributed by atoms with Crippen molar-refractivity contribution in [1.82, 2.24) is 0 Å². The number of carbonyl (C=O) groups excluding carboxylic acids is 1. The maximum Gasteiger partial charge on any atom is 0.338 e. The molecule has 1 aromatic carbocycles. The van der Waals surface area contributed by atoms with E-state index in [1.807, 2.05) is 24.3 Å². The number of esters is 1. The van der Waals surface area contributed by atoms with Gasteiger partial charge in [0.2, 0.25) is 0 Å². The van der Waals surface area contributed by atoms with Crippen LogP contribution < -0.4 is 0 Å². The molecule has 0 N–H and O–H groups in total. The second-order valence-electron chi connectivity index (χ2n) is 3.82. The summed E-state index contributed by atoms with van der Waals surface area (Å²) in [5.74, 6) is -0.253. The van der Waals surface area contributed by atoms with Gasteiger partial charge in [0.1, 0.15) is 6.10 Å². The Morgan fingerprint density at radius 1 is 1.31 bits per heavy atom. The van der Waals surface area contributed by atoms with Gasteiger partial charge in [0.15, 0.2) is 0 Å². The lowest BCUT2D eigenvalue weighted by Crippen LogP contribution is -2.19. The van der Waals surface area contributed by atoms with Gasteiger partial charge in [-0.05, 0) is 25.0 Å². The molecule has 0 aromatic heterocycles. The van der Waals surface area contributed by atoms with Gasteiger partial charge in [-0.1, -0.05) is 35.9 Å². The van der Waals surface area contributed by atoms with Gasteiger partial charge in [-0.15, -0.1) is 0 Å². The molecule has 0 fully saturated rings. The summed E-state index contributed by atoms with van der Waals surface area (Å²) < 4.78 is 5.38. The van der Waals surface area contributed by atoms with Crippen LogP contribution in [0.4, 0.5) is 0 Å². The topological polar surface area (TPSA) is 26.3 Å². The molecule has 2 rings (SSSR count). The first-order chi connectivity index (χ1) is 7.75. The molecule has 0 saturated heterocycles. The molecule has 0 bridgehead atoms. The van der Waals surface area contributed by atoms with Crippen molar-refractivity contribution < 1.29 is 9.53 Å². The van der Waals surface area contributed by atoms with Gasteiger partial charge in [0.25, 0.3) is 0 Å². The predicted octanol–water partition coefficient (Wildman–Crippen LogP) is 3.52. The molecule has 1 aromatic rings. The molecule has 2 nitrogen and oxygen atoms in total. The lowest BCUT2D eigenvalue weighted by atomic mass is 10.0. The first kappa shape index (κ1) is 11.2. The Morgan fingerprint density at radius 3 is 2.69 bits per heavy atom. The predicted molar refractivity (Wildman–Crippen MR) is 63.4 cm³/mol. The van der Waals surface area contributed by atoms with E-state index in [2.05, 4.69) is 0 Å². The molecule has 0 spiro atoms. The van der Waals surface area contributed by atoms with Crippen molar-refractivity contribution in [2.45, 2.75) is 25.4 Å². The van der Waals surface area contributed by atoms with Crippen molar-refractivity contribution in [3.05, 3.63) is 47.0 Å². The molecule has 1 aliphatic rings. The molecule has 1 aliphatic carbocycles. The Kier molecular flexibility index (Phi) is 3.62. The van der Waals surface area contributed by atoms with Crippen LogP contribution in [0.5, 0.6) is 0 Å². The summed E-state index contributed by atoms with van der Waals surface area (Å²) in [6.45, 7) is 0. The maximum absolute atomic E-state index is 11.7. The average molecular weight is 237 g/mol. The summed E-state index contributed by atoms with van der Waals surface area (Å²) in [5, 5.41) is 0.868. The molecule has 84 valence electrons. The average Bonchev–Trinajstić information content (AvgIpc) is 2.33. The van der Waals surface area contributed by atoms with Crippen LogP contribution in [0.2, 0.25) is 0 Å². The maximum atomic E-state index is 11.7. The van der Waals surface area contributed by atoms with E-state index in [-0.39, 0.29) is 12.1 Å². The number of allylic oxidation sites excluding steroid dienone is 1. The van der Waals surface area contributed by atoms with Gasteiger partial charge >= 0.3 is 5.97 Å². The summed E-state index contributed by atoms with van der Waals surface area (Å²) in [6, 6.07) is 9.05. The van der Waals surface area contributed by atoms with Gasteiger partial charge in [-0.3, -0.25) is 0 Å². The summed E-state index contributed by atoms with van der Waals surface area (Å²) in [7, 11) is 0. The molecule has 1 unspecified atom stereocenters. The van der Waals surface area contributed by atoms with Crippen molar-refractivity contribution in [3.8, 4) is 0 Å². The molecular weight excluding hydrogens is 224 g/mol. The molecule has 0 aliphatic heterocycles. The van der Waals surface area contributed by atoms with Crippen LogP contribution in [0, 0.1) is 0 Å². The molecule has 1 atom stereocenters. The Morgan fingerprint density at radius 2 is 2.06 bits per heavy atom. The van der Waals surface area contributed by atoms with Crippen LogP contribution in [0.1, 0.15) is 29.6 Å². The van der Waals surface area contributed by atoms with Gasteiger partial charge in [0.05, 0.1) is 5.56 Å². The number of rotatable bonds is 2. The van der Waals surface area contributed by atoms with Crippen molar-refractivity contribution in [3.63, 3.8) is 0 Å². The minimum absolute atomic E-state index is 0.0322. The standard InChI is InChI=1S/C13H13ClO2/c14-11-6-8-12(9-7-11)16-13(15)10-4-2-1-3-5-10/h1-6,12H,7-9H2. The highest BCUT2D eigenvalue weighted by Gasteiger charge is 2.18. The first-order valence-electron chi connectivity index (χ1n) is 5.36. The van der Waals surface area contributed by atoms with Crippen LogP contribution in [0.3, 0.4) is 0 Å². The zero-order chi connectivity index (χ0) is 11.4. The Hall–Kier alpha value is -1.28. The fraction of sp³-hybridized carbons (Fsp3) is 0.308. The van der Waals surface area contributed by atoms with Gasteiger partial charge < -0.3 is 4.74 Å². The van der Waals surface area contributed by atoms with Crippen molar-refractivity contribution >= 4 is 17.6 Å². The van der Waals surface area contributed by atoms with E-state index in [1.54, 1.807) is 12.1 Å². The van der Waals surface area contributed by atoms with E-state index in [4.69, 9.17) is 16.3 Å². The Labute approximate surface area is 99.9 Å². The summed E-state index contributed by atoms with van der Waals surface area (Å²) >= 11 is 5.86. The van der Waals surface area contributed by atoms with Crippen LogP contribution >= 0.6 is 11.6 Å². The van der Waals surface area contributed by atoms with E-state index in [1.165, 1.54) is 0 Å². The molecule has 0 radical (unpaired) electrons. The monoisotopic (exact) mass is 236 g/mol. The molecule has 16 heavy (non-hydrogen) atoms. The first-order valence-corrected chi connectivity index (χ1v) is 5.74. The number of halogens is 1. The van der Waals surface area contributed by atoms with Crippen molar-refractivity contribution in [2.24, 2.45) is 0 Å². The largest absolute Gasteiger partial charge is 0.458 e. The van der Waals surface area contributed by atoms with E-state index in [0.717, 1.165) is 24.3 Å². The molecule has 0 amide bonds. The highest BCUT2D eigenvalue weighted by molar-refractivity contribution is 6.29. The van der Waals surface area contributed by atoms with E-state index < -0.39 is 0 Å². The SMILES string of the molecule is O=C(OC1CC=C(Cl)CC1)c1ccccc1. The fourth-order valence-corrected chi connectivity index (χ4v) is 1.88. The minimum atomic E-state index is -0.253. The third-order valence-electron chi connectivity index (χ3n) is 2.59. The smallest absolute Gasteiger partial charge is 0.338 e. The summed E-state index contributed by atoms with van der Waals surface area (Å²) in [4.78, 5) is 11.7. The van der Waals surface area contributed by atoms with Crippen LogP contribution in [0.15, 0.2) is 41.4 Å². The van der Waals surface area contributed by atoms with Crippen molar-refractivity contribution in [1.29, 1.82) is 0 Å². The second kappa shape index (κ2) is 5.17. The zero-order valence-electron chi connectivity index (χ0n) is 8.86. The van der Waals surface area contributed by atoms with Crippen LogP contribution in [-0.4, -0.2) is 12.1 Å². The third kappa shape index (κ3) is 2.86. The number of benzene rings is 1. The number of hydrogen-bond acceptors (Lipinski definition) is 2. The van der Waals surface area contributed by atoms with Gasteiger partial charge in [-0.25, -0.2) is 4.79 Å². The lowest BCUT2D eigenvalue weighted by molar-refractivity contribution is 0.0281. The molecule has 0 saturated carbocycles. The highest BCUT2D eigenvalue weighted by atomic mass is 35.5. The highest BCUT2D eigenvalue weighted by Crippen LogP contribution is 2.23. The minimum Gasteiger partial charge on any atom is -0.458 e. The Bertz CT molecular complexity index is 398. The number of hydrogen-bond donors (Lipinski definition) is 0. The second-order valence-corrected chi connectivity index (χ2v) is 4.30. The summed E-state index contributed by atoms with van der Waals surface area (Å²) in [6.07, 6.45) is 4.23. The summed E-state index contributed by atoms with van der Waals surface area (Å²) in [5.41, 5.74) is 0.600. The van der Waals surface area contributed by atoms with Crippen LogP contribution in [0.25, 0.3) is 0 Å². The lowest BCUT2D eigenvalue weighted by Gasteiger charge is -2.19. The number of ether oxygens (including phenoxy) is 1. The molecule has 3 heteroatoms. The Balaban J connectivity index is 1.94. The third-order valence-corrected chi connectivity index (χ3v) is 2.93. The normalized spacial score (nSPS) is 20.1. The van der Waals surface area contributed by atoms with E-state index in [9.17, 15) is 4.79 Å². The van der Waals surface area contributed by atoms with E-state index in [0.29, 0.717) is 5.56 Å². The fourth-order valence-electron chi connectivity index (χ4n) is 1.68. The molecule has 0 heterocycles. The van der Waals surface area contributed by atoms with Gasteiger partial charge in [0, 0.05) is 11.5 Å².